The highest BCUT2D eigenvalue weighted by molar-refractivity contribution is 7.14. The van der Waals surface area contributed by atoms with Gasteiger partial charge in [-0.05, 0) is 12.1 Å². The van der Waals surface area contributed by atoms with E-state index in [1.807, 2.05) is 5.38 Å². The van der Waals surface area contributed by atoms with E-state index in [4.69, 9.17) is 20.3 Å². The second-order valence-corrected chi connectivity index (χ2v) is 4.77. The molecule has 0 spiro atoms. The molecule has 6 nitrogen and oxygen atoms in total. The average Bonchev–Trinajstić information content (AvgIpc) is 2.83. The number of carboxylic acid groups (broad SMARTS) is 1. The van der Waals surface area contributed by atoms with Crippen LogP contribution in [-0.2, 0) is 0 Å². The van der Waals surface area contributed by atoms with Gasteiger partial charge in [-0.3, -0.25) is 0 Å². The number of anilines is 1. The van der Waals surface area contributed by atoms with Crippen molar-refractivity contribution in [2.75, 3.05) is 18.9 Å². The third-order valence-corrected chi connectivity index (χ3v) is 3.62. The van der Waals surface area contributed by atoms with Crippen molar-refractivity contribution >= 4 is 23.0 Å². The van der Waals surface area contributed by atoms with E-state index in [-0.39, 0.29) is 11.4 Å². The van der Waals surface area contributed by atoms with Crippen molar-refractivity contribution < 1.29 is 19.4 Å². The lowest BCUT2D eigenvalue weighted by molar-refractivity contribution is 0.0692. The number of hydrogen-bond donors (Lipinski definition) is 2. The molecule has 3 heterocycles. The molecule has 1 aliphatic heterocycles. The summed E-state index contributed by atoms with van der Waals surface area (Å²) < 4.78 is 11.0. The van der Waals surface area contributed by atoms with Crippen LogP contribution in [0.15, 0.2) is 17.5 Å². The maximum absolute atomic E-state index is 11.0. The number of ether oxygens (including phenoxy) is 2. The number of nitrogens with zero attached hydrogens (tertiary/aromatic N) is 1. The van der Waals surface area contributed by atoms with E-state index in [2.05, 4.69) is 4.98 Å². The number of pyridine rings is 1. The number of fused-ring (bicyclic) bond motifs is 1. The Hall–Kier alpha value is -2.28. The van der Waals surface area contributed by atoms with Crippen LogP contribution in [0.4, 0.5) is 5.69 Å². The van der Waals surface area contributed by atoms with Crippen molar-refractivity contribution in [1.29, 1.82) is 0 Å². The number of thiophene rings is 1. The number of nitrogens with two attached hydrogens (primary N) is 1. The van der Waals surface area contributed by atoms with Crippen LogP contribution < -0.4 is 15.2 Å². The summed E-state index contributed by atoms with van der Waals surface area (Å²) in [6.07, 6.45) is 0. The van der Waals surface area contributed by atoms with Crippen LogP contribution in [0.3, 0.4) is 0 Å². The summed E-state index contributed by atoms with van der Waals surface area (Å²) in [6, 6.07) is 3.20. The third kappa shape index (κ3) is 1.97. The van der Waals surface area contributed by atoms with Gasteiger partial charge in [0.2, 0.25) is 0 Å². The number of carbonyl (C=O) groups is 1. The minimum atomic E-state index is -1.15. The molecule has 3 N–H and O–H groups in total. The molecule has 0 fully saturated rings. The number of hydrogen-bond acceptors (Lipinski definition) is 6. The first-order chi connectivity index (χ1) is 9.16. The first-order valence-corrected chi connectivity index (χ1v) is 6.42. The first-order valence-electron chi connectivity index (χ1n) is 5.54. The van der Waals surface area contributed by atoms with Crippen molar-refractivity contribution in [3.63, 3.8) is 0 Å². The molecule has 0 saturated carbocycles. The molecule has 0 saturated heterocycles. The van der Waals surface area contributed by atoms with Gasteiger partial charge in [0.05, 0.1) is 16.3 Å². The zero-order valence-corrected chi connectivity index (χ0v) is 10.6. The van der Waals surface area contributed by atoms with Crippen LogP contribution in [0.2, 0.25) is 0 Å². The van der Waals surface area contributed by atoms with Crippen molar-refractivity contribution in [3.05, 3.63) is 23.2 Å². The molecule has 2 aromatic heterocycles. The van der Waals surface area contributed by atoms with Crippen LogP contribution in [0.5, 0.6) is 11.5 Å². The van der Waals surface area contributed by atoms with E-state index in [1.54, 1.807) is 6.07 Å². The van der Waals surface area contributed by atoms with Gasteiger partial charge in [0.25, 0.3) is 0 Å². The van der Waals surface area contributed by atoms with Crippen molar-refractivity contribution in [1.82, 2.24) is 4.98 Å². The van der Waals surface area contributed by atoms with Crippen LogP contribution in [0.1, 0.15) is 10.5 Å². The maximum atomic E-state index is 11.0. The Balaban J connectivity index is 2.10. The lowest BCUT2D eigenvalue weighted by Crippen LogP contribution is -2.14. The molecule has 7 heteroatoms. The lowest BCUT2D eigenvalue weighted by Gasteiger charge is -2.16. The van der Waals surface area contributed by atoms with E-state index in [0.717, 1.165) is 4.88 Å². The van der Waals surface area contributed by atoms with Crippen molar-refractivity contribution in [2.24, 2.45) is 0 Å². The Bertz CT molecular complexity index is 653. The second-order valence-electron chi connectivity index (χ2n) is 3.89. The predicted molar refractivity (Wildman–Crippen MR) is 69.9 cm³/mol. The number of aromatic nitrogens is 1. The summed E-state index contributed by atoms with van der Waals surface area (Å²) in [4.78, 5) is 15.9. The predicted octanol–water partition coefficient (Wildman–Crippen LogP) is 1.86. The quantitative estimate of drug-likeness (QED) is 0.870. The minimum Gasteiger partial charge on any atom is -0.485 e. The fraction of sp³-hybridized carbons (Fsp3) is 0.167. The van der Waals surface area contributed by atoms with Crippen LogP contribution >= 0.6 is 11.3 Å². The highest BCUT2D eigenvalue weighted by Gasteiger charge is 2.22. The van der Waals surface area contributed by atoms with Gasteiger partial charge >= 0.3 is 5.97 Å². The molecule has 0 radical (unpaired) electrons. The molecular weight excluding hydrogens is 268 g/mol. The van der Waals surface area contributed by atoms with Gasteiger partial charge in [-0.2, -0.15) is 0 Å². The summed E-state index contributed by atoms with van der Waals surface area (Å²) in [5.41, 5.74) is 6.08. The number of aromatic carboxylic acids is 1. The first kappa shape index (κ1) is 11.8. The molecule has 0 atom stereocenters. The SMILES string of the molecule is Nc1ccc(-c2scc3c2OCCO3)nc1C(=O)O. The number of nitrogen functional groups attached to an aromatic ring is 1. The van der Waals surface area contributed by atoms with E-state index < -0.39 is 5.97 Å². The van der Waals surface area contributed by atoms with Gasteiger partial charge in [-0.1, -0.05) is 0 Å². The summed E-state index contributed by atoms with van der Waals surface area (Å²) in [5, 5.41) is 10.9. The standard InChI is InChI=1S/C12H10N2O4S/c13-6-1-2-7(14-9(6)12(15)16)11-10-8(5-19-11)17-3-4-18-10/h1-2,5H,3-4,13H2,(H,15,16). The Kier molecular flexibility index (Phi) is 2.75. The number of carboxylic acids is 1. The van der Waals surface area contributed by atoms with Crippen molar-refractivity contribution in [2.45, 2.75) is 0 Å². The highest BCUT2D eigenvalue weighted by Crippen LogP contribution is 2.45. The van der Waals surface area contributed by atoms with Crippen LogP contribution in [-0.4, -0.2) is 29.3 Å². The van der Waals surface area contributed by atoms with Crippen LogP contribution in [0.25, 0.3) is 10.6 Å². The molecule has 0 bridgehead atoms. The molecule has 1 aliphatic rings. The van der Waals surface area contributed by atoms with Gasteiger partial charge in [0.15, 0.2) is 17.2 Å². The molecule has 0 aliphatic carbocycles. The maximum Gasteiger partial charge on any atom is 0.356 e. The van der Waals surface area contributed by atoms with E-state index in [1.165, 1.54) is 17.4 Å². The van der Waals surface area contributed by atoms with Crippen LogP contribution in [0, 0.1) is 0 Å². The normalized spacial score (nSPS) is 13.3. The van der Waals surface area contributed by atoms with Gasteiger partial charge in [0.1, 0.15) is 13.2 Å². The largest absolute Gasteiger partial charge is 0.485 e. The molecule has 2 aromatic rings. The molecule has 0 unspecified atom stereocenters. The Labute approximate surface area is 112 Å². The molecular formula is C12H10N2O4S. The monoisotopic (exact) mass is 278 g/mol. The third-order valence-electron chi connectivity index (χ3n) is 2.66. The Morgan fingerprint density at radius 2 is 2.16 bits per heavy atom. The van der Waals surface area contributed by atoms with Gasteiger partial charge in [0, 0.05) is 5.38 Å². The van der Waals surface area contributed by atoms with E-state index >= 15 is 0 Å². The average molecular weight is 278 g/mol. The zero-order chi connectivity index (χ0) is 13.4. The fourth-order valence-electron chi connectivity index (χ4n) is 1.81. The summed E-state index contributed by atoms with van der Waals surface area (Å²) in [7, 11) is 0. The zero-order valence-electron chi connectivity index (χ0n) is 9.75. The molecule has 98 valence electrons. The molecule has 0 amide bonds. The molecule has 3 rings (SSSR count). The van der Waals surface area contributed by atoms with E-state index in [0.29, 0.717) is 30.4 Å². The van der Waals surface area contributed by atoms with Crippen molar-refractivity contribution in [3.8, 4) is 22.1 Å². The number of rotatable bonds is 2. The highest BCUT2D eigenvalue weighted by atomic mass is 32.1. The fourth-order valence-corrected chi connectivity index (χ4v) is 2.71. The Morgan fingerprint density at radius 3 is 2.95 bits per heavy atom. The van der Waals surface area contributed by atoms with Gasteiger partial charge < -0.3 is 20.3 Å². The topological polar surface area (TPSA) is 94.7 Å². The second kappa shape index (κ2) is 4.43. The summed E-state index contributed by atoms with van der Waals surface area (Å²) in [5.74, 6) is 0.133. The summed E-state index contributed by atoms with van der Waals surface area (Å²) >= 11 is 1.40. The van der Waals surface area contributed by atoms with Gasteiger partial charge in [-0.15, -0.1) is 11.3 Å². The van der Waals surface area contributed by atoms with Gasteiger partial charge in [-0.25, -0.2) is 9.78 Å². The Morgan fingerprint density at radius 1 is 1.37 bits per heavy atom. The van der Waals surface area contributed by atoms with E-state index in [9.17, 15) is 4.79 Å². The molecule has 0 aromatic carbocycles. The lowest BCUT2D eigenvalue weighted by atomic mass is 10.2. The minimum absolute atomic E-state index is 0.138. The smallest absolute Gasteiger partial charge is 0.356 e. The molecule has 19 heavy (non-hydrogen) atoms. The summed E-state index contributed by atoms with van der Waals surface area (Å²) in [6.45, 7) is 0.982.